The van der Waals surface area contributed by atoms with Crippen molar-refractivity contribution in [2.24, 2.45) is 0 Å². The van der Waals surface area contributed by atoms with Gasteiger partial charge in [0.05, 0.1) is 0 Å². The van der Waals surface area contributed by atoms with Gasteiger partial charge in [-0.25, -0.2) is 0 Å². The van der Waals surface area contributed by atoms with Crippen molar-refractivity contribution in [1.29, 1.82) is 0 Å². The summed E-state index contributed by atoms with van der Waals surface area (Å²) in [5, 5.41) is 0. The average molecular weight is 614 g/mol. The quantitative estimate of drug-likeness (QED) is 0.175. The number of halogens is 1. The molecule has 0 spiro atoms. The summed E-state index contributed by atoms with van der Waals surface area (Å²) >= 11 is 3.64. The van der Waals surface area contributed by atoms with E-state index in [9.17, 15) is 0 Å². The second-order valence-electron chi connectivity index (χ2n) is 10.8. The minimum atomic E-state index is 1.08. The van der Waals surface area contributed by atoms with Crippen molar-refractivity contribution >= 4 is 15.9 Å². The lowest BCUT2D eigenvalue weighted by Gasteiger charge is -2.14. The Morgan fingerprint density at radius 2 is 0.465 bits per heavy atom. The highest BCUT2D eigenvalue weighted by Crippen LogP contribution is 2.37. The van der Waals surface area contributed by atoms with E-state index >= 15 is 0 Å². The molecule has 0 bridgehead atoms. The summed E-state index contributed by atoms with van der Waals surface area (Å²) in [7, 11) is 0. The number of hydrogen-bond donors (Lipinski definition) is 0. The maximum Gasteiger partial charge on any atom is 0.0181 e. The van der Waals surface area contributed by atoms with E-state index in [0.29, 0.717) is 0 Å². The molecule has 0 N–H and O–H groups in total. The van der Waals surface area contributed by atoms with E-state index in [4.69, 9.17) is 0 Å². The van der Waals surface area contributed by atoms with Crippen LogP contribution in [-0.2, 0) is 0 Å². The van der Waals surface area contributed by atoms with Gasteiger partial charge in [-0.1, -0.05) is 143 Å². The first-order valence-electron chi connectivity index (χ1n) is 14.5. The van der Waals surface area contributed by atoms with E-state index in [1.165, 1.54) is 66.8 Å². The fourth-order valence-corrected chi connectivity index (χ4v) is 6.09. The Labute approximate surface area is 262 Å². The molecule has 0 amide bonds. The van der Waals surface area contributed by atoms with E-state index < -0.39 is 0 Å². The van der Waals surface area contributed by atoms with Gasteiger partial charge in [-0.2, -0.15) is 0 Å². The first kappa shape index (κ1) is 26.9. The molecule has 0 heterocycles. The maximum absolute atomic E-state index is 3.64. The number of benzene rings is 7. The van der Waals surface area contributed by atoms with Crippen molar-refractivity contribution in [2.75, 3.05) is 0 Å². The van der Waals surface area contributed by atoms with Crippen LogP contribution >= 0.6 is 15.9 Å². The summed E-state index contributed by atoms with van der Waals surface area (Å²) in [4.78, 5) is 0. The van der Waals surface area contributed by atoms with Gasteiger partial charge in [0.1, 0.15) is 0 Å². The third kappa shape index (κ3) is 6.00. The van der Waals surface area contributed by atoms with Crippen molar-refractivity contribution < 1.29 is 0 Å². The highest BCUT2D eigenvalue weighted by Gasteiger charge is 2.11. The topological polar surface area (TPSA) is 0 Å². The summed E-state index contributed by atoms with van der Waals surface area (Å²) < 4.78 is 1.08. The molecule has 7 rings (SSSR count). The smallest absolute Gasteiger partial charge is 0.0181 e. The van der Waals surface area contributed by atoms with Crippen LogP contribution in [0.4, 0.5) is 0 Å². The summed E-state index contributed by atoms with van der Waals surface area (Å²) in [6.45, 7) is 0. The lowest BCUT2D eigenvalue weighted by molar-refractivity contribution is 1.54. The van der Waals surface area contributed by atoms with Crippen LogP contribution in [0.5, 0.6) is 0 Å². The van der Waals surface area contributed by atoms with Crippen LogP contribution in [0.15, 0.2) is 180 Å². The van der Waals surface area contributed by atoms with Crippen molar-refractivity contribution in [1.82, 2.24) is 0 Å². The molecule has 0 aliphatic rings. The predicted molar refractivity (Wildman–Crippen MR) is 187 cm³/mol. The zero-order valence-corrected chi connectivity index (χ0v) is 25.2. The van der Waals surface area contributed by atoms with E-state index in [2.05, 4.69) is 192 Å². The Hall–Kier alpha value is -4.98. The van der Waals surface area contributed by atoms with E-state index in [0.717, 1.165) is 4.47 Å². The van der Waals surface area contributed by atoms with Crippen molar-refractivity contribution in [3.8, 4) is 66.8 Å². The molecule has 0 fully saturated rings. The van der Waals surface area contributed by atoms with Gasteiger partial charge in [-0.3, -0.25) is 0 Å². The van der Waals surface area contributed by atoms with Crippen molar-refractivity contribution in [3.63, 3.8) is 0 Å². The molecule has 0 radical (unpaired) electrons. The van der Waals surface area contributed by atoms with Gasteiger partial charge in [-0.15, -0.1) is 0 Å². The monoisotopic (exact) mass is 612 g/mol. The Morgan fingerprint density at radius 3 is 0.837 bits per heavy atom. The standard InChI is InChI=1S/C42H29Br/c43-42-22-10-21-38(29-42)34-17-9-20-37(25-34)41-27-39(35-18-7-15-32(23-35)30-11-3-1-4-12-30)26-40(28-41)36-19-8-16-33(24-36)31-13-5-2-6-14-31/h1-29H. The first-order valence-corrected chi connectivity index (χ1v) is 15.3. The molecule has 7 aromatic carbocycles. The zero-order chi connectivity index (χ0) is 29.0. The third-order valence-electron chi connectivity index (χ3n) is 7.89. The first-order chi connectivity index (χ1) is 21.2. The lowest BCUT2D eigenvalue weighted by atomic mass is 9.90. The Morgan fingerprint density at radius 1 is 0.209 bits per heavy atom. The molecule has 7 aromatic rings. The van der Waals surface area contributed by atoms with Gasteiger partial charge < -0.3 is 0 Å². The predicted octanol–water partition coefficient (Wildman–Crippen LogP) is 12.5. The summed E-state index contributed by atoms with van der Waals surface area (Å²) in [6.07, 6.45) is 0. The fraction of sp³-hybridized carbons (Fsp3) is 0. The van der Waals surface area contributed by atoms with Gasteiger partial charge in [-0.05, 0) is 115 Å². The van der Waals surface area contributed by atoms with Gasteiger partial charge >= 0.3 is 0 Å². The molecular weight excluding hydrogens is 584 g/mol. The van der Waals surface area contributed by atoms with Gasteiger partial charge in [0.15, 0.2) is 0 Å². The van der Waals surface area contributed by atoms with Crippen LogP contribution in [0, 0.1) is 0 Å². The SMILES string of the molecule is Brc1cccc(-c2cccc(-c3cc(-c4cccc(-c5ccccc5)c4)cc(-c4cccc(-c5ccccc5)c4)c3)c2)c1. The second-order valence-corrected chi connectivity index (χ2v) is 11.7. The summed E-state index contributed by atoms with van der Waals surface area (Å²) in [5.41, 5.74) is 14.4. The second kappa shape index (κ2) is 12.1. The van der Waals surface area contributed by atoms with Gasteiger partial charge in [0.2, 0.25) is 0 Å². The van der Waals surface area contributed by atoms with Crippen LogP contribution < -0.4 is 0 Å². The van der Waals surface area contributed by atoms with E-state index in [1.807, 2.05) is 0 Å². The van der Waals surface area contributed by atoms with Crippen molar-refractivity contribution in [2.45, 2.75) is 0 Å². The molecule has 0 atom stereocenters. The zero-order valence-electron chi connectivity index (χ0n) is 23.6. The normalized spacial score (nSPS) is 10.9. The van der Waals surface area contributed by atoms with E-state index in [1.54, 1.807) is 0 Å². The molecule has 0 nitrogen and oxygen atoms in total. The molecule has 0 saturated heterocycles. The molecule has 1 heteroatoms. The lowest BCUT2D eigenvalue weighted by Crippen LogP contribution is -1.88. The molecule has 0 aromatic heterocycles. The molecular formula is C42H29Br. The third-order valence-corrected chi connectivity index (χ3v) is 8.39. The average Bonchev–Trinajstić information content (AvgIpc) is 3.09. The minimum absolute atomic E-state index is 1.08. The van der Waals surface area contributed by atoms with Crippen LogP contribution in [0.25, 0.3) is 66.8 Å². The number of rotatable bonds is 6. The van der Waals surface area contributed by atoms with E-state index in [-0.39, 0.29) is 0 Å². The highest BCUT2D eigenvalue weighted by atomic mass is 79.9. The van der Waals surface area contributed by atoms with Gasteiger partial charge in [0, 0.05) is 4.47 Å². The van der Waals surface area contributed by atoms with Crippen LogP contribution in [0.3, 0.4) is 0 Å². The summed E-state index contributed by atoms with van der Waals surface area (Å²) in [6, 6.07) is 63.3. The van der Waals surface area contributed by atoms with Gasteiger partial charge in [0.25, 0.3) is 0 Å². The van der Waals surface area contributed by atoms with Crippen LogP contribution in [0.1, 0.15) is 0 Å². The molecule has 204 valence electrons. The molecule has 0 saturated carbocycles. The largest absolute Gasteiger partial charge is 0.0622 e. The maximum atomic E-state index is 3.64. The van der Waals surface area contributed by atoms with Crippen LogP contribution in [-0.4, -0.2) is 0 Å². The molecule has 0 aliphatic carbocycles. The Bertz CT molecular complexity index is 1920. The minimum Gasteiger partial charge on any atom is -0.0622 e. The Balaban J connectivity index is 1.38. The summed E-state index contributed by atoms with van der Waals surface area (Å²) in [5.74, 6) is 0. The van der Waals surface area contributed by atoms with Crippen LogP contribution in [0.2, 0.25) is 0 Å². The number of hydrogen-bond acceptors (Lipinski definition) is 0. The fourth-order valence-electron chi connectivity index (χ4n) is 5.69. The molecule has 43 heavy (non-hydrogen) atoms. The molecule has 0 aliphatic heterocycles. The Kier molecular flexibility index (Phi) is 7.56. The highest BCUT2D eigenvalue weighted by molar-refractivity contribution is 9.10. The molecule has 0 unspecified atom stereocenters. The van der Waals surface area contributed by atoms with Crippen molar-refractivity contribution in [3.05, 3.63) is 180 Å².